The standard InChI is InChI=1S/C18H19FN8O2/c1-9-5-12(25-24-9)15-17-16(27-26-15)13(29-4-3-28)6-14(23-17)22-10(2)18-20-7-11(19)8-21-18/h5-8,10,28H,3-4H2,1-2H3,(H,22,23)(H,24,25)(H,26,27). The molecule has 0 aliphatic heterocycles. The summed E-state index contributed by atoms with van der Waals surface area (Å²) in [7, 11) is 0. The van der Waals surface area contributed by atoms with E-state index in [1.807, 2.05) is 19.9 Å². The van der Waals surface area contributed by atoms with E-state index in [9.17, 15) is 4.39 Å². The second-order valence-corrected chi connectivity index (χ2v) is 6.44. The highest BCUT2D eigenvalue weighted by molar-refractivity contribution is 5.93. The molecule has 29 heavy (non-hydrogen) atoms. The van der Waals surface area contributed by atoms with Gasteiger partial charge >= 0.3 is 0 Å². The smallest absolute Gasteiger partial charge is 0.159 e. The minimum atomic E-state index is -0.502. The van der Waals surface area contributed by atoms with Crippen molar-refractivity contribution >= 4 is 16.9 Å². The van der Waals surface area contributed by atoms with Crippen molar-refractivity contribution in [2.45, 2.75) is 19.9 Å². The number of H-pyrrole nitrogens is 2. The van der Waals surface area contributed by atoms with E-state index >= 15 is 0 Å². The van der Waals surface area contributed by atoms with Crippen molar-refractivity contribution in [3.05, 3.63) is 41.9 Å². The lowest BCUT2D eigenvalue weighted by atomic mass is 10.2. The summed E-state index contributed by atoms with van der Waals surface area (Å²) in [4.78, 5) is 12.6. The van der Waals surface area contributed by atoms with Crippen LogP contribution in [0.3, 0.4) is 0 Å². The summed E-state index contributed by atoms with van der Waals surface area (Å²) in [6.45, 7) is 3.71. The van der Waals surface area contributed by atoms with Crippen LogP contribution in [0.5, 0.6) is 5.75 Å². The number of nitrogens with zero attached hydrogens (tertiary/aromatic N) is 5. The van der Waals surface area contributed by atoms with E-state index in [-0.39, 0.29) is 19.3 Å². The second kappa shape index (κ2) is 7.80. The van der Waals surface area contributed by atoms with Crippen LogP contribution in [-0.4, -0.2) is 53.7 Å². The fourth-order valence-electron chi connectivity index (χ4n) is 2.86. The molecule has 0 fully saturated rings. The highest BCUT2D eigenvalue weighted by atomic mass is 19.1. The van der Waals surface area contributed by atoms with Crippen LogP contribution in [0.15, 0.2) is 24.5 Å². The van der Waals surface area contributed by atoms with Crippen molar-refractivity contribution in [3.63, 3.8) is 0 Å². The molecule has 0 aliphatic rings. The molecular weight excluding hydrogens is 379 g/mol. The van der Waals surface area contributed by atoms with E-state index in [2.05, 4.69) is 40.7 Å². The molecule has 0 aromatic carbocycles. The van der Waals surface area contributed by atoms with E-state index < -0.39 is 5.82 Å². The number of aromatic amines is 2. The molecular formula is C18H19FN8O2. The van der Waals surface area contributed by atoms with Gasteiger partial charge in [-0.1, -0.05) is 0 Å². The summed E-state index contributed by atoms with van der Waals surface area (Å²) < 4.78 is 18.7. The Hall–Kier alpha value is -3.60. The van der Waals surface area contributed by atoms with Gasteiger partial charge in [0.25, 0.3) is 0 Å². The lowest BCUT2D eigenvalue weighted by molar-refractivity contribution is 0.202. The van der Waals surface area contributed by atoms with Gasteiger partial charge in [0.05, 0.1) is 25.0 Å². The highest BCUT2D eigenvalue weighted by Gasteiger charge is 2.19. The van der Waals surface area contributed by atoms with Crippen LogP contribution in [0.1, 0.15) is 24.5 Å². The van der Waals surface area contributed by atoms with Gasteiger partial charge in [0.1, 0.15) is 35.2 Å². The number of anilines is 1. The van der Waals surface area contributed by atoms with Gasteiger partial charge in [0, 0.05) is 11.8 Å². The van der Waals surface area contributed by atoms with Gasteiger partial charge < -0.3 is 15.2 Å². The Morgan fingerprint density at radius 3 is 2.66 bits per heavy atom. The van der Waals surface area contributed by atoms with Crippen molar-refractivity contribution in [1.82, 2.24) is 35.3 Å². The van der Waals surface area contributed by atoms with Gasteiger partial charge in [-0.2, -0.15) is 10.2 Å². The lowest BCUT2D eigenvalue weighted by Crippen LogP contribution is -2.12. The first-order chi connectivity index (χ1) is 14.0. The number of fused-ring (bicyclic) bond motifs is 1. The van der Waals surface area contributed by atoms with Gasteiger partial charge in [-0.15, -0.1) is 0 Å². The summed E-state index contributed by atoms with van der Waals surface area (Å²) in [6, 6.07) is 3.21. The van der Waals surface area contributed by atoms with Crippen molar-refractivity contribution in [2.75, 3.05) is 18.5 Å². The Balaban J connectivity index is 1.73. The highest BCUT2D eigenvalue weighted by Crippen LogP contribution is 2.32. The van der Waals surface area contributed by atoms with Crippen LogP contribution in [0.4, 0.5) is 10.2 Å². The molecule has 0 aliphatic carbocycles. The quantitative estimate of drug-likeness (QED) is 0.371. The Morgan fingerprint density at radius 1 is 1.17 bits per heavy atom. The predicted molar refractivity (Wildman–Crippen MR) is 103 cm³/mol. The zero-order valence-electron chi connectivity index (χ0n) is 15.8. The molecule has 0 radical (unpaired) electrons. The second-order valence-electron chi connectivity index (χ2n) is 6.44. The van der Waals surface area contributed by atoms with Crippen LogP contribution in [0.2, 0.25) is 0 Å². The molecule has 11 heteroatoms. The number of nitrogens with one attached hydrogen (secondary N) is 3. The van der Waals surface area contributed by atoms with Crippen molar-refractivity contribution in [1.29, 1.82) is 0 Å². The van der Waals surface area contributed by atoms with E-state index in [0.29, 0.717) is 39.8 Å². The maximum Gasteiger partial charge on any atom is 0.159 e. The topological polar surface area (TPSA) is 138 Å². The van der Waals surface area contributed by atoms with E-state index in [1.54, 1.807) is 6.07 Å². The molecule has 1 atom stereocenters. The minimum Gasteiger partial charge on any atom is -0.489 e. The number of aliphatic hydroxyl groups is 1. The first kappa shape index (κ1) is 18.7. The molecule has 0 bridgehead atoms. The molecule has 4 rings (SSSR count). The number of halogens is 1. The van der Waals surface area contributed by atoms with Crippen molar-refractivity contribution < 1.29 is 14.2 Å². The Bertz CT molecular complexity index is 1120. The van der Waals surface area contributed by atoms with Gasteiger partial charge in [-0.3, -0.25) is 10.2 Å². The first-order valence-electron chi connectivity index (χ1n) is 8.94. The summed E-state index contributed by atoms with van der Waals surface area (Å²) in [5.41, 5.74) is 3.27. The number of rotatable bonds is 7. The third-order valence-electron chi connectivity index (χ3n) is 4.18. The molecule has 1 unspecified atom stereocenters. The number of hydrogen-bond acceptors (Lipinski definition) is 8. The molecule has 4 aromatic rings. The number of aromatic nitrogens is 7. The minimum absolute atomic E-state index is 0.110. The van der Waals surface area contributed by atoms with E-state index in [1.165, 1.54) is 0 Å². The fourth-order valence-corrected chi connectivity index (χ4v) is 2.86. The molecule has 4 aromatic heterocycles. The van der Waals surface area contributed by atoms with Gasteiger partial charge in [-0.25, -0.2) is 19.3 Å². The number of hydrogen-bond donors (Lipinski definition) is 4. The molecule has 150 valence electrons. The Morgan fingerprint density at radius 2 is 1.97 bits per heavy atom. The number of aryl methyl sites for hydroxylation is 1. The normalized spacial score (nSPS) is 12.3. The zero-order chi connectivity index (χ0) is 20.4. The SMILES string of the molecule is Cc1cc(-c2[nH]nc3c(OCCO)cc(NC(C)c4ncc(F)cn4)nc23)n[nH]1. The van der Waals surface area contributed by atoms with Crippen LogP contribution in [-0.2, 0) is 0 Å². The summed E-state index contributed by atoms with van der Waals surface area (Å²) in [5.74, 6) is 0.855. The van der Waals surface area contributed by atoms with Gasteiger partial charge in [-0.05, 0) is 19.9 Å². The average molecular weight is 398 g/mol. The monoisotopic (exact) mass is 398 g/mol. The Labute approximate surface area is 164 Å². The van der Waals surface area contributed by atoms with Crippen LogP contribution >= 0.6 is 0 Å². The van der Waals surface area contributed by atoms with Crippen molar-refractivity contribution in [3.8, 4) is 17.1 Å². The van der Waals surface area contributed by atoms with Crippen LogP contribution in [0.25, 0.3) is 22.4 Å². The Kier molecular flexibility index (Phi) is 5.04. The molecule has 0 amide bonds. The van der Waals surface area contributed by atoms with Gasteiger partial charge in [0.15, 0.2) is 17.1 Å². The number of ether oxygens (including phenoxy) is 1. The van der Waals surface area contributed by atoms with Gasteiger partial charge in [0.2, 0.25) is 0 Å². The summed E-state index contributed by atoms with van der Waals surface area (Å²) in [6.07, 6.45) is 2.22. The predicted octanol–water partition coefficient (Wildman–Crippen LogP) is 2.13. The number of pyridine rings is 1. The maximum absolute atomic E-state index is 13.1. The van der Waals surface area contributed by atoms with Crippen LogP contribution in [0, 0.1) is 12.7 Å². The maximum atomic E-state index is 13.1. The largest absolute Gasteiger partial charge is 0.489 e. The molecule has 0 spiro atoms. The fraction of sp³-hybridized carbons (Fsp3) is 0.278. The number of aliphatic hydroxyl groups excluding tert-OH is 1. The average Bonchev–Trinajstić information content (AvgIpc) is 3.32. The zero-order valence-corrected chi connectivity index (χ0v) is 15.8. The molecule has 10 nitrogen and oxygen atoms in total. The lowest BCUT2D eigenvalue weighted by Gasteiger charge is -2.14. The molecule has 4 heterocycles. The molecule has 0 saturated carbocycles. The summed E-state index contributed by atoms with van der Waals surface area (Å²) in [5, 5.41) is 26.7. The molecule has 4 N–H and O–H groups in total. The summed E-state index contributed by atoms with van der Waals surface area (Å²) >= 11 is 0. The van der Waals surface area contributed by atoms with Crippen LogP contribution < -0.4 is 10.1 Å². The first-order valence-corrected chi connectivity index (χ1v) is 8.94. The third-order valence-corrected chi connectivity index (χ3v) is 4.18. The van der Waals surface area contributed by atoms with E-state index in [4.69, 9.17) is 9.84 Å². The van der Waals surface area contributed by atoms with Crippen molar-refractivity contribution in [2.24, 2.45) is 0 Å². The van der Waals surface area contributed by atoms with E-state index in [0.717, 1.165) is 18.1 Å². The third kappa shape index (κ3) is 3.85. The molecule has 0 saturated heterocycles.